The predicted octanol–water partition coefficient (Wildman–Crippen LogP) is 2.54. The van der Waals surface area contributed by atoms with Gasteiger partial charge < -0.3 is 10.1 Å². The minimum Gasteiger partial charge on any atom is -0.383 e. The average Bonchev–Trinajstić information content (AvgIpc) is 3.04. The molecule has 0 aliphatic heterocycles. The number of thiazole rings is 1. The van der Waals surface area contributed by atoms with E-state index in [1.54, 1.807) is 18.4 Å². The Morgan fingerprint density at radius 1 is 1.62 bits per heavy atom. The zero-order valence-corrected chi connectivity index (χ0v) is 10.8. The maximum atomic E-state index is 5.16. The quantitative estimate of drug-likeness (QED) is 0.795. The van der Waals surface area contributed by atoms with Crippen molar-refractivity contribution in [2.45, 2.75) is 44.7 Å². The Kier molecular flexibility index (Phi) is 4.32. The first-order valence-corrected chi connectivity index (χ1v) is 6.88. The minimum atomic E-state index is 0.443. The van der Waals surface area contributed by atoms with Crippen LogP contribution in [0.1, 0.15) is 42.8 Å². The van der Waals surface area contributed by atoms with Crippen molar-refractivity contribution in [1.82, 2.24) is 10.3 Å². The van der Waals surface area contributed by atoms with Crippen LogP contribution in [-0.2, 0) is 11.3 Å². The number of nitrogens with one attached hydrogen (secondary N) is 1. The Morgan fingerprint density at radius 3 is 3.06 bits per heavy atom. The molecule has 0 amide bonds. The lowest BCUT2D eigenvalue weighted by atomic mass is 10.2. The third-order valence-electron chi connectivity index (χ3n) is 2.97. The van der Waals surface area contributed by atoms with Crippen molar-refractivity contribution < 1.29 is 4.74 Å². The van der Waals surface area contributed by atoms with E-state index in [-0.39, 0.29) is 0 Å². The summed E-state index contributed by atoms with van der Waals surface area (Å²) in [5, 5.41) is 6.90. The van der Waals surface area contributed by atoms with Crippen molar-refractivity contribution in [2.24, 2.45) is 0 Å². The molecule has 1 fully saturated rings. The van der Waals surface area contributed by atoms with Crippen LogP contribution in [0.5, 0.6) is 0 Å². The van der Waals surface area contributed by atoms with Crippen molar-refractivity contribution in [2.75, 3.05) is 13.7 Å². The normalized spacial score (nSPS) is 17.6. The molecule has 1 heterocycles. The van der Waals surface area contributed by atoms with Crippen LogP contribution in [0, 0.1) is 0 Å². The summed E-state index contributed by atoms with van der Waals surface area (Å²) >= 11 is 1.77. The number of hydrogen-bond donors (Lipinski definition) is 1. The van der Waals surface area contributed by atoms with Crippen LogP contribution in [0.4, 0.5) is 0 Å². The molecule has 1 atom stereocenters. The first kappa shape index (κ1) is 12.0. The van der Waals surface area contributed by atoms with Crippen LogP contribution < -0.4 is 5.32 Å². The molecule has 1 unspecified atom stereocenters. The van der Waals surface area contributed by atoms with Crippen LogP contribution in [0.25, 0.3) is 0 Å². The van der Waals surface area contributed by atoms with E-state index in [1.165, 1.54) is 23.5 Å². The molecule has 4 heteroatoms. The SMILES string of the molecule is CCC(COC)NCc1nc(C2CC2)cs1. The lowest BCUT2D eigenvalue weighted by Gasteiger charge is -2.14. The third-order valence-corrected chi connectivity index (χ3v) is 3.83. The lowest BCUT2D eigenvalue weighted by molar-refractivity contribution is 0.164. The second-order valence-electron chi connectivity index (χ2n) is 4.38. The molecular formula is C12H20N2OS. The molecule has 1 aliphatic carbocycles. The Bertz CT molecular complexity index is 323. The van der Waals surface area contributed by atoms with Crippen LogP contribution in [0.2, 0.25) is 0 Å². The first-order valence-electron chi connectivity index (χ1n) is 6.00. The summed E-state index contributed by atoms with van der Waals surface area (Å²) in [6, 6.07) is 0.443. The van der Waals surface area contributed by atoms with E-state index in [1.807, 2.05) is 0 Å². The van der Waals surface area contributed by atoms with Gasteiger partial charge in [-0.05, 0) is 19.3 Å². The fraction of sp³-hybridized carbons (Fsp3) is 0.750. The van der Waals surface area contributed by atoms with Gasteiger partial charge in [0.25, 0.3) is 0 Å². The van der Waals surface area contributed by atoms with Gasteiger partial charge in [0.15, 0.2) is 0 Å². The Morgan fingerprint density at radius 2 is 2.44 bits per heavy atom. The highest BCUT2D eigenvalue weighted by Gasteiger charge is 2.25. The Hall–Kier alpha value is -0.450. The van der Waals surface area contributed by atoms with Crippen molar-refractivity contribution in [3.63, 3.8) is 0 Å². The van der Waals surface area contributed by atoms with Gasteiger partial charge in [-0.3, -0.25) is 0 Å². The molecule has 90 valence electrons. The molecule has 0 spiro atoms. The highest BCUT2D eigenvalue weighted by Crippen LogP contribution is 2.40. The molecular weight excluding hydrogens is 220 g/mol. The van der Waals surface area contributed by atoms with E-state index in [9.17, 15) is 0 Å². The van der Waals surface area contributed by atoms with Gasteiger partial charge >= 0.3 is 0 Å². The number of aromatic nitrogens is 1. The average molecular weight is 240 g/mol. The summed E-state index contributed by atoms with van der Waals surface area (Å²) in [6.45, 7) is 3.82. The fourth-order valence-electron chi connectivity index (χ4n) is 1.73. The van der Waals surface area contributed by atoms with E-state index in [0.29, 0.717) is 6.04 Å². The van der Waals surface area contributed by atoms with Gasteiger partial charge in [-0.2, -0.15) is 0 Å². The van der Waals surface area contributed by atoms with Crippen molar-refractivity contribution in [3.05, 3.63) is 16.1 Å². The van der Waals surface area contributed by atoms with Gasteiger partial charge in [-0.15, -0.1) is 11.3 Å². The molecule has 0 aromatic carbocycles. The van der Waals surface area contributed by atoms with Crippen LogP contribution in [0.3, 0.4) is 0 Å². The van der Waals surface area contributed by atoms with Crippen LogP contribution >= 0.6 is 11.3 Å². The minimum absolute atomic E-state index is 0.443. The molecule has 3 nitrogen and oxygen atoms in total. The molecule has 2 rings (SSSR count). The Balaban J connectivity index is 1.78. The zero-order valence-electron chi connectivity index (χ0n) is 10.0. The highest BCUT2D eigenvalue weighted by molar-refractivity contribution is 7.09. The molecule has 0 radical (unpaired) electrons. The molecule has 16 heavy (non-hydrogen) atoms. The van der Waals surface area contributed by atoms with E-state index in [2.05, 4.69) is 22.6 Å². The highest BCUT2D eigenvalue weighted by atomic mass is 32.1. The molecule has 0 saturated heterocycles. The number of methoxy groups -OCH3 is 1. The zero-order chi connectivity index (χ0) is 11.4. The summed E-state index contributed by atoms with van der Waals surface area (Å²) < 4.78 is 5.16. The predicted molar refractivity (Wildman–Crippen MR) is 66.9 cm³/mol. The first-order chi connectivity index (χ1) is 7.83. The standard InChI is InChI=1S/C12H20N2OS/c1-3-10(7-15-2)13-6-12-14-11(8-16-12)9-4-5-9/h8-10,13H,3-7H2,1-2H3. The van der Waals surface area contributed by atoms with Crippen molar-refractivity contribution in [1.29, 1.82) is 0 Å². The van der Waals surface area contributed by atoms with E-state index < -0.39 is 0 Å². The van der Waals surface area contributed by atoms with Crippen LogP contribution in [0.15, 0.2) is 5.38 Å². The number of nitrogens with zero attached hydrogens (tertiary/aromatic N) is 1. The van der Waals surface area contributed by atoms with Gasteiger partial charge in [0.1, 0.15) is 5.01 Å². The second-order valence-corrected chi connectivity index (χ2v) is 5.32. The lowest BCUT2D eigenvalue weighted by Crippen LogP contribution is -2.31. The maximum absolute atomic E-state index is 5.16. The largest absolute Gasteiger partial charge is 0.383 e. The summed E-state index contributed by atoms with van der Waals surface area (Å²) in [6.07, 6.45) is 3.75. The monoisotopic (exact) mass is 240 g/mol. The molecule has 1 N–H and O–H groups in total. The van der Waals surface area contributed by atoms with Crippen molar-refractivity contribution >= 4 is 11.3 Å². The topological polar surface area (TPSA) is 34.1 Å². The van der Waals surface area contributed by atoms with Gasteiger partial charge in [-0.25, -0.2) is 4.98 Å². The summed E-state index contributed by atoms with van der Waals surface area (Å²) in [4.78, 5) is 4.65. The molecule has 1 saturated carbocycles. The molecule has 1 aliphatic rings. The van der Waals surface area contributed by atoms with Crippen LogP contribution in [-0.4, -0.2) is 24.7 Å². The van der Waals surface area contributed by atoms with Gasteiger partial charge in [0, 0.05) is 31.0 Å². The van der Waals surface area contributed by atoms with Crippen molar-refractivity contribution in [3.8, 4) is 0 Å². The van der Waals surface area contributed by atoms with E-state index >= 15 is 0 Å². The van der Waals surface area contributed by atoms with E-state index in [0.717, 1.165) is 25.5 Å². The fourth-order valence-corrected chi connectivity index (χ4v) is 2.55. The summed E-state index contributed by atoms with van der Waals surface area (Å²) in [7, 11) is 1.75. The molecule has 0 bridgehead atoms. The van der Waals surface area contributed by atoms with Gasteiger partial charge in [0.05, 0.1) is 12.3 Å². The third kappa shape index (κ3) is 3.27. The smallest absolute Gasteiger partial charge is 0.107 e. The molecule has 1 aromatic heterocycles. The molecule has 1 aromatic rings. The van der Waals surface area contributed by atoms with E-state index in [4.69, 9.17) is 4.74 Å². The number of rotatable bonds is 7. The number of hydrogen-bond acceptors (Lipinski definition) is 4. The number of ether oxygens (including phenoxy) is 1. The Labute approximate surface area is 101 Å². The summed E-state index contributed by atoms with van der Waals surface area (Å²) in [5.74, 6) is 0.769. The van der Waals surface area contributed by atoms with Gasteiger partial charge in [0.2, 0.25) is 0 Å². The second kappa shape index (κ2) is 5.75. The van der Waals surface area contributed by atoms with Gasteiger partial charge in [-0.1, -0.05) is 6.92 Å². The summed E-state index contributed by atoms with van der Waals surface area (Å²) in [5.41, 5.74) is 1.31. The maximum Gasteiger partial charge on any atom is 0.107 e.